The van der Waals surface area contributed by atoms with Gasteiger partial charge in [0.15, 0.2) is 0 Å². The molecule has 1 aromatic carbocycles. The molecule has 0 saturated carbocycles. The van der Waals surface area contributed by atoms with Crippen LogP contribution >= 0.6 is 0 Å². The summed E-state index contributed by atoms with van der Waals surface area (Å²) in [5.41, 5.74) is 2.48. The first-order chi connectivity index (χ1) is 8.01. The standard InChI is InChI=1S/C14H21NO2/c1-5-12(6-2)15(4)13-8-7-11(14(16)17)9-10(13)3/h7-9,12H,5-6H2,1-4H3,(H,16,17). The SMILES string of the molecule is CCC(CC)N(C)c1ccc(C(=O)O)cc1C. The second-order valence-electron chi connectivity index (χ2n) is 4.39. The fourth-order valence-corrected chi connectivity index (χ4v) is 2.22. The molecule has 0 saturated heterocycles. The molecular weight excluding hydrogens is 214 g/mol. The van der Waals surface area contributed by atoms with Crippen molar-refractivity contribution in [1.29, 1.82) is 0 Å². The molecule has 0 amide bonds. The summed E-state index contributed by atoms with van der Waals surface area (Å²) in [7, 11) is 2.07. The summed E-state index contributed by atoms with van der Waals surface area (Å²) in [5.74, 6) is -0.871. The van der Waals surface area contributed by atoms with Crippen molar-refractivity contribution in [1.82, 2.24) is 0 Å². The highest BCUT2D eigenvalue weighted by Crippen LogP contribution is 2.24. The summed E-state index contributed by atoms with van der Waals surface area (Å²) < 4.78 is 0. The lowest BCUT2D eigenvalue weighted by Crippen LogP contribution is -2.30. The van der Waals surface area contributed by atoms with Gasteiger partial charge in [-0.2, -0.15) is 0 Å². The predicted octanol–water partition coefficient (Wildman–Crippen LogP) is 3.32. The highest BCUT2D eigenvalue weighted by molar-refractivity contribution is 5.88. The van der Waals surface area contributed by atoms with Crippen LogP contribution in [0, 0.1) is 6.92 Å². The third kappa shape index (κ3) is 2.99. The molecule has 0 unspecified atom stereocenters. The summed E-state index contributed by atoms with van der Waals surface area (Å²) in [4.78, 5) is 13.1. The molecule has 0 atom stereocenters. The number of hydrogen-bond acceptors (Lipinski definition) is 2. The van der Waals surface area contributed by atoms with E-state index in [1.54, 1.807) is 12.1 Å². The Morgan fingerprint density at radius 3 is 2.35 bits per heavy atom. The van der Waals surface area contributed by atoms with E-state index in [2.05, 4.69) is 25.8 Å². The van der Waals surface area contributed by atoms with E-state index in [0.717, 1.165) is 24.1 Å². The minimum atomic E-state index is -0.871. The Kier molecular flexibility index (Phi) is 4.55. The van der Waals surface area contributed by atoms with Gasteiger partial charge in [0.2, 0.25) is 0 Å². The predicted molar refractivity (Wildman–Crippen MR) is 70.9 cm³/mol. The zero-order valence-electron chi connectivity index (χ0n) is 11.0. The molecule has 1 aromatic rings. The van der Waals surface area contributed by atoms with Crippen LogP contribution in [0.25, 0.3) is 0 Å². The number of benzene rings is 1. The van der Waals surface area contributed by atoms with Gasteiger partial charge in [0.1, 0.15) is 0 Å². The third-order valence-corrected chi connectivity index (χ3v) is 3.31. The molecule has 17 heavy (non-hydrogen) atoms. The number of carbonyl (C=O) groups is 1. The third-order valence-electron chi connectivity index (χ3n) is 3.31. The summed E-state index contributed by atoms with van der Waals surface area (Å²) in [6, 6.07) is 5.81. The minimum absolute atomic E-state index is 0.351. The van der Waals surface area contributed by atoms with Crippen molar-refractivity contribution in [2.45, 2.75) is 39.7 Å². The molecule has 0 radical (unpaired) electrons. The first kappa shape index (κ1) is 13.6. The normalized spacial score (nSPS) is 10.6. The van der Waals surface area contributed by atoms with E-state index in [1.165, 1.54) is 0 Å². The number of hydrogen-bond donors (Lipinski definition) is 1. The van der Waals surface area contributed by atoms with Crippen LogP contribution in [0.5, 0.6) is 0 Å². The number of aromatic carboxylic acids is 1. The fraction of sp³-hybridized carbons (Fsp3) is 0.500. The molecule has 0 spiro atoms. The van der Waals surface area contributed by atoms with Crippen molar-refractivity contribution in [2.24, 2.45) is 0 Å². The van der Waals surface area contributed by atoms with Gasteiger partial charge in [0.25, 0.3) is 0 Å². The molecule has 1 N–H and O–H groups in total. The lowest BCUT2D eigenvalue weighted by Gasteiger charge is -2.29. The molecular formula is C14H21NO2. The number of carboxylic acids is 1. The van der Waals surface area contributed by atoms with Crippen molar-refractivity contribution in [3.63, 3.8) is 0 Å². The smallest absolute Gasteiger partial charge is 0.335 e. The second-order valence-corrected chi connectivity index (χ2v) is 4.39. The Bertz CT molecular complexity index is 397. The Labute approximate surface area is 103 Å². The maximum absolute atomic E-state index is 10.9. The summed E-state index contributed by atoms with van der Waals surface area (Å²) >= 11 is 0. The van der Waals surface area contributed by atoms with Crippen molar-refractivity contribution in [2.75, 3.05) is 11.9 Å². The average Bonchev–Trinajstić information content (AvgIpc) is 2.30. The van der Waals surface area contributed by atoms with Crippen molar-refractivity contribution >= 4 is 11.7 Å². The average molecular weight is 235 g/mol. The number of rotatable bonds is 5. The lowest BCUT2D eigenvalue weighted by molar-refractivity contribution is 0.0697. The molecule has 0 aliphatic heterocycles. The van der Waals surface area contributed by atoms with Crippen LogP contribution in [0.3, 0.4) is 0 Å². The van der Waals surface area contributed by atoms with Gasteiger partial charge in [-0.1, -0.05) is 13.8 Å². The van der Waals surface area contributed by atoms with Crippen molar-refractivity contribution in [3.8, 4) is 0 Å². The van der Waals surface area contributed by atoms with Crippen LogP contribution in [-0.4, -0.2) is 24.2 Å². The van der Waals surface area contributed by atoms with Crippen LogP contribution in [0.4, 0.5) is 5.69 Å². The highest BCUT2D eigenvalue weighted by atomic mass is 16.4. The van der Waals surface area contributed by atoms with Gasteiger partial charge in [-0.3, -0.25) is 0 Å². The van der Waals surface area contributed by atoms with Gasteiger partial charge >= 0.3 is 5.97 Å². The van der Waals surface area contributed by atoms with E-state index in [0.29, 0.717) is 11.6 Å². The Balaban J connectivity index is 3.03. The number of aryl methyl sites for hydroxylation is 1. The summed E-state index contributed by atoms with van der Waals surface area (Å²) in [5, 5.41) is 8.93. The van der Waals surface area contributed by atoms with E-state index >= 15 is 0 Å². The van der Waals surface area contributed by atoms with Crippen LogP contribution in [0.15, 0.2) is 18.2 Å². The van der Waals surface area contributed by atoms with Gasteiger partial charge in [0, 0.05) is 18.8 Å². The molecule has 0 heterocycles. The molecule has 0 bridgehead atoms. The van der Waals surface area contributed by atoms with Crippen LogP contribution in [-0.2, 0) is 0 Å². The highest BCUT2D eigenvalue weighted by Gasteiger charge is 2.14. The lowest BCUT2D eigenvalue weighted by atomic mass is 10.1. The molecule has 0 aliphatic carbocycles. The zero-order valence-corrected chi connectivity index (χ0v) is 11.0. The van der Waals surface area contributed by atoms with Gasteiger partial charge in [0.05, 0.1) is 5.56 Å². The van der Waals surface area contributed by atoms with Gasteiger partial charge in [-0.25, -0.2) is 4.79 Å². The van der Waals surface area contributed by atoms with E-state index in [-0.39, 0.29) is 0 Å². The topological polar surface area (TPSA) is 40.5 Å². The quantitative estimate of drug-likeness (QED) is 0.851. The number of carboxylic acid groups (broad SMARTS) is 1. The Morgan fingerprint density at radius 2 is 1.94 bits per heavy atom. The Hall–Kier alpha value is -1.51. The molecule has 0 aromatic heterocycles. The second kappa shape index (κ2) is 5.71. The van der Waals surface area contributed by atoms with Crippen LogP contribution in [0.1, 0.15) is 42.6 Å². The molecule has 94 valence electrons. The Morgan fingerprint density at radius 1 is 1.35 bits per heavy atom. The molecule has 0 fully saturated rings. The first-order valence-corrected chi connectivity index (χ1v) is 6.08. The minimum Gasteiger partial charge on any atom is -0.478 e. The molecule has 3 nitrogen and oxygen atoms in total. The van der Waals surface area contributed by atoms with E-state index < -0.39 is 5.97 Å². The molecule has 3 heteroatoms. The van der Waals surface area contributed by atoms with Gasteiger partial charge < -0.3 is 10.0 Å². The maximum atomic E-state index is 10.9. The van der Waals surface area contributed by atoms with Crippen molar-refractivity contribution < 1.29 is 9.90 Å². The monoisotopic (exact) mass is 235 g/mol. The molecule has 0 aliphatic rings. The first-order valence-electron chi connectivity index (χ1n) is 6.08. The summed E-state index contributed by atoms with van der Waals surface area (Å²) in [6.07, 6.45) is 2.18. The zero-order chi connectivity index (χ0) is 13.0. The number of nitrogens with zero attached hydrogens (tertiary/aromatic N) is 1. The van der Waals surface area contributed by atoms with E-state index in [1.807, 2.05) is 13.0 Å². The number of anilines is 1. The maximum Gasteiger partial charge on any atom is 0.335 e. The largest absolute Gasteiger partial charge is 0.478 e. The van der Waals surface area contributed by atoms with Crippen LogP contribution < -0.4 is 4.90 Å². The van der Waals surface area contributed by atoms with Crippen molar-refractivity contribution in [3.05, 3.63) is 29.3 Å². The molecule has 1 rings (SSSR count). The van der Waals surface area contributed by atoms with Gasteiger partial charge in [-0.05, 0) is 43.5 Å². The fourth-order valence-electron chi connectivity index (χ4n) is 2.22. The van der Waals surface area contributed by atoms with E-state index in [4.69, 9.17) is 5.11 Å². The summed E-state index contributed by atoms with van der Waals surface area (Å²) in [6.45, 7) is 6.30. The van der Waals surface area contributed by atoms with Gasteiger partial charge in [-0.15, -0.1) is 0 Å². The van der Waals surface area contributed by atoms with E-state index in [9.17, 15) is 4.79 Å². The van der Waals surface area contributed by atoms with Crippen LogP contribution in [0.2, 0.25) is 0 Å².